The number of amides is 1. The fraction of sp³-hybridized carbons (Fsp3) is 0.182. The van der Waals surface area contributed by atoms with Gasteiger partial charge in [0.2, 0.25) is 5.91 Å². The molecule has 1 heterocycles. The highest BCUT2D eigenvalue weighted by molar-refractivity contribution is 5.87. The monoisotopic (exact) mass is 188 g/mol. The van der Waals surface area contributed by atoms with Gasteiger partial charge in [-0.2, -0.15) is 0 Å². The maximum Gasteiger partial charge on any atom is 0.235 e. The van der Waals surface area contributed by atoms with Gasteiger partial charge in [-0.15, -0.1) is 0 Å². The van der Waals surface area contributed by atoms with Crippen molar-refractivity contribution in [3.05, 3.63) is 36.0 Å². The molecular weight excluding hydrogens is 176 g/mol. The number of fused-ring (bicyclic) bond motifs is 1. The molecule has 72 valence electrons. The van der Waals surface area contributed by atoms with Crippen molar-refractivity contribution in [3.8, 4) is 0 Å². The summed E-state index contributed by atoms with van der Waals surface area (Å²) >= 11 is 0. The van der Waals surface area contributed by atoms with E-state index in [1.807, 2.05) is 37.3 Å². The number of hydrogen-bond acceptors (Lipinski definition) is 1. The molecule has 0 atom stereocenters. The van der Waals surface area contributed by atoms with Gasteiger partial charge in [-0.25, -0.2) is 0 Å². The normalized spacial score (nSPS) is 10.4. The molecule has 0 saturated heterocycles. The first-order chi connectivity index (χ1) is 6.68. The van der Waals surface area contributed by atoms with Crippen LogP contribution in [0.15, 0.2) is 30.3 Å². The van der Waals surface area contributed by atoms with Crippen LogP contribution in [0.5, 0.6) is 0 Å². The average molecular weight is 188 g/mol. The van der Waals surface area contributed by atoms with Crippen molar-refractivity contribution >= 4 is 16.8 Å². The van der Waals surface area contributed by atoms with Gasteiger partial charge in [-0.3, -0.25) is 14.9 Å². The minimum absolute atomic E-state index is 0.0607. The molecule has 1 amide bonds. The van der Waals surface area contributed by atoms with Crippen LogP contribution in [0.2, 0.25) is 0 Å². The van der Waals surface area contributed by atoms with Gasteiger partial charge in [0.25, 0.3) is 0 Å². The summed E-state index contributed by atoms with van der Waals surface area (Å²) in [5.41, 5.74) is 4.83. The maximum absolute atomic E-state index is 11.0. The van der Waals surface area contributed by atoms with Gasteiger partial charge in [0.05, 0.1) is 5.52 Å². The maximum atomic E-state index is 11.0. The van der Waals surface area contributed by atoms with Crippen LogP contribution in [0.3, 0.4) is 0 Å². The predicted octanol–water partition coefficient (Wildman–Crippen LogP) is 2.04. The molecule has 14 heavy (non-hydrogen) atoms. The Kier molecular flexibility index (Phi) is 2.00. The first-order valence-electron chi connectivity index (χ1n) is 4.53. The molecule has 0 radical (unpaired) electrons. The summed E-state index contributed by atoms with van der Waals surface area (Å²) < 4.78 is 1.80. The van der Waals surface area contributed by atoms with E-state index in [-0.39, 0.29) is 5.91 Å². The second-order valence-electron chi connectivity index (χ2n) is 3.35. The molecular formula is C11H12N2O. The second kappa shape index (κ2) is 3.18. The van der Waals surface area contributed by atoms with Crippen molar-refractivity contribution in [2.24, 2.45) is 0 Å². The summed E-state index contributed by atoms with van der Waals surface area (Å²) in [5, 5.41) is 1.14. The quantitative estimate of drug-likeness (QED) is 0.730. The standard InChI is InChI=1S/C11H12N2O/c1-8-7-10-5-3-4-6-11(10)13(8)12-9(2)14/h3-7H,1-2H3,(H,12,14). The Morgan fingerprint density at radius 1 is 1.36 bits per heavy atom. The minimum Gasteiger partial charge on any atom is -0.274 e. The van der Waals surface area contributed by atoms with E-state index in [9.17, 15) is 4.79 Å². The SMILES string of the molecule is CC(=O)Nn1c(C)cc2ccccc21. The van der Waals surface area contributed by atoms with E-state index in [2.05, 4.69) is 5.43 Å². The van der Waals surface area contributed by atoms with Crippen LogP contribution in [0.1, 0.15) is 12.6 Å². The summed E-state index contributed by atoms with van der Waals surface area (Å²) in [6.45, 7) is 3.48. The molecule has 0 fully saturated rings. The van der Waals surface area contributed by atoms with Gasteiger partial charge in [0, 0.05) is 18.0 Å². The molecule has 1 N–H and O–H groups in total. The molecule has 0 aliphatic rings. The number of hydrogen-bond donors (Lipinski definition) is 1. The molecule has 1 aromatic heterocycles. The molecule has 0 aliphatic heterocycles. The molecule has 2 aromatic rings. The molecule has 2 rings (SSSR count). The first-order valence-corrected chi connectivity index (χ1v) is 4.53. The Morgan fingerprint density at radius 3 is 2.79 bits per heavy atom. The third kappa shape index (κ3) is 1.37. The molecule has 3 heteroatoms. The van der Waals surface area contributed by atoms with Crippen molar-refractivity contribution in [2.45, 2.75) is 13.8 Å². The fourth-order valence-corrected chi connectivity index (χ4v) is 1.60. The summed E-state index contributed by atoms with van der Waals surface area (Å²) in [6, 6.07) is 10.0. The lowest BCUT2D eigenvalue weighted by atomic mass is 10.2. The predicted molar refractivity (Wildman–Crippen MR) is 56.7 cm³/mol. The largest absolute Gasteiger partial charge is 0.274 e. The number of rotatable bonds is 1. The highest BCUT2D eigenvalue weighted by Crippen LogP contribution is 2.17. The van der Waals surface area contributed by atoms with E-state index in [0.29, 0.717) is 0 Å². The topological polar surface area (TPSA) is 34.0 Å². The third-order valence-electron chi connectivity index (χ3n) is 2.16. The van der Waals surface area contributed by atoms with E-state index in [1.165, 1.54) is 6.92 Å². The van der Waals surface area contributed by atoms with Gasteiger partial charge in [-0.05, 0) is 19.1 Å². The second-order valence-corrected chi connectivity index (χ2v) is 3.35. The number of carbonyl (C=O) groups is 1. The lowest BCUT2D eigenvalue weighted by molar-refractivity contribution is -0.115. The van der Waals surface area contributed by atoms with E-state index >= 15 is 0 Å². The molecule has 3 nitrogen and oxygen atoms in total. The summed E-state index contributed by atoms with van der Waals surface area (Å²) in [6.07, 6.45) is 0. The molecule has 0 saturated carbocycles. The molecule has 1 aromatic carbocycles. The molecule has 0 bridgehead atoms. The van der Waals surface area contributed by atoms with Crippen LogP contribution in [0, 0.1) is 6.92 Å². The highest BCUT2D eigenvalue weighted by atomic mass is 16.2. The zero-order valence-electron chi connectivity index (χ0n) is 8.24. The number of aromatic nitrogens is 1. The van der Waals surface area contributed by atoms with E-state index in [0.717, 1.165) is 16.6 Å². The van der Waals surface area contributed by atoms with E-state index in [1.54, 1.807) is 4.68 Å². The van der Waals surface area contributed by atoms with Crippen LogP contribution >= 0.6 is 0 Å². The van der Waals surface area contributed by atoms with Crippen molar-refractivity contribution in [2.75, 3.05) is 5.43 Å². The van der Waals surface area contributed by atoms with Crippen molar-refractivity contribution < 1.29 is 4.79 Å². The zero-order valence-corrected chi connectivity index (χ0v) is 8.24. The number of nitrogens with one attached hydrogen (secondary N) is 1. The molecule has 0 spiro atoms. The smallest absolute Gasteiger partial charge is 0.235 e. The minimum atomic E-state index is -0.0607. The number of benzene rings is 1. The lowest BCUT2D eigenvalue weighted by Gasteiger charge is -2.07. The van der Waals surface area contributed by atoms with Gasteiger partial charge >= 0.3 is 0 Å². The van der Waals surface area contributed by atoms with Gasteiger partial charge in [-0.1, -0.05) is 18.2 Å². The third-order valence-corrected chi connectivity index (χ3v) is 2.16. The Labute approximate surface area is 82.3 Å². The van der Waals surface area contributed by atoms with Crippen LogP contribution in [-0.4, -0.2) is 10.6 Å². The Hall–Kier alpha value is -1.77. The van der Waals surface area contributed by atoms with Crippen molar-refractivity contribution in [1.29, 1.82) is 0 Å². The zero-order chi connectivity index (χ0) is 10.1. The van der Waals surface area contributed by atoms with Gasteiger partial charge in [0.15, 0.2) is 0 Å². The van der Waals surface area contributed by atoms with Crippen LogP contribution in [-0.2, 0) is 4.79 Å². The lowest BCUT2D eigenvalue weighted by Crippen LogP contribution is -2.20. The summed E-state index contributed by atoms with van der Waals surface area (Å²) in [7, 11) is 0. The van der Waals surface area contributed by atoms with Crippen molar-refractivity contribution in [1.82, 2.24) is 4.68 Å². The Bertz CT molecular complexity index is 485. The van der Waals surface area contributed by atoms with E-state index in [4.69, 9.17) is 0 Å². The van der Waals surface area contributed by atoms with Gasteiger partial charge < -0.3 is 0 Å². The molecule has 0 unspecified atom stereocenters. The Balaban J connectivity index is 2.62. The average Bonchev–Trinajstić information content (AvgIpc) is 2.43. The van der Waals surface area contributed by atoms with Crippen molar-refractivity contribution in [3.63, 3.8) is 0 Å². The summed E-state index contributed by atoms with van der Waals surface area (Å²) in [4.78, 5) is 11.0. The number of para-hydroxylation sites is 1. The molecule has 0 aliphatic carbocycles. The first kappa shape index (κ1) is 8.81. The fourth-order valence-electron chi connectivity index (χ4n) is 1.60. The highest BCUT2D eigenvalue weighted by Gasteiger charge is 2.04. The van der Waals surface area contributed by atoms with Gasteiger partial charge in [0.1, 0.15) is 0 Å². The summed E-state index contributed by atoms with van der Waals surface area (Å²) in [5.74, 6) is -0.0607. The number of aryl methyl sites for hydroxylation is 1. The number of carbonyl (C=O) groups excluding carboxylic acids is 1. The van der Waals surface area contributed by atoms with Crippen LogP contribution in [0.4, 0.5) is 0 Å². The Morgan fingerprint density at radius 2 is 2.07 bits per heavy atom. The van der Waals surface area contributed by atoms with Crippen LogP contribution < -0.4 is 5.43 Å². The van der Waals surface area contributed by atoms with E-state index < -0.39 is 0 Å². The van der Waals surface area contributed by atoms with Crippen LogP contribution in [0.25, 0.3) is 10.9 Å². The number of nitrogens with zero attached hydrogens (tertiary/aromatic N) is 1.